The number of hydrogen-bond donors (Lipinski definition) is 1. The maximum atomic E-state index is 5.98. The van der Waals surface area contributed by atoms with E-state index < -0.39 is 0 Å². The first-order chi connectivity index (χ1) is 5.49. The molecule has 0 radical (unpaired) electrons. The molecular weight excluding hydrogens is 146 g/mol. The number of hydrogen-bond acceptors (Lipinski definition) is 1. The van der Waals surface area contributed by atoms with Crippen molar-refractivity contribution in [2.45, 2.75) is 65.3 Å². The van der Waals surface area contributed by atoms with Crippen LogP contribution in [0.5, 0.6) is 0 Å². The van der Waals surface area contributed by atoms with Crippen LogP contribution in [0.15, 0.2) is 0 Å². The quantitative estimate of drug-likeness (QED) is 0.652. The molecule has 0 rings (SSSR count). The van der Waals surface area contributed by atoms with Gasteiger partial charge in [0.25, 0.3) is 0 Å². The van der Waals surface area contributed by atoms with Crippen LogP contribution in [0, 0.1) is 5.92 Å². The van der Waals surface area contributed by atoms with Gasteiger partial charge >= 0.3 is 0 Å². The first-order valence-corrected chi connectivity index (χ1v) is 5.28. The van der Waals surface area contributed by atoms with Crippen LogP contribution in [-0.4, -0.2) is 5.54 Å². The molecule has 0 saturated heterocycles. The van der Waals surface area contributed by atoms with Crippen molar-refractivity contribution >= 4 is 0 Å². The highest BCUT2D eigenvalue weighted by atomic mass is 14.7. The zero-order valence-corrected chi connectivity index (χ0v) is 9.19. The molecule has 1 unspecified atom stereocenters. The predicted molar refractivity (Wildman–Crippen MR) is 56.2 cm³/mol. The van der Waals surface area contributed by atoms with E-state index in [2.05, 4.69) is 27.7 Å². The fourth-order valence-electron chi connectivity index (χ4n) is 1.69. The van der Waals surface area contributed by atoms with E-state index in [1.165, 1.54) is 32.1 Å². The maximum Gasteiger partial charge on any atom is 0.00996 e. The minimum atomic E-state index is 0.0222. The Morgan fingerprint density at radius 3 is 2.17 bits per heavy atom. The Balaban J connectivity index is 3.67. The van der Waals surface area contributed by atoms with Crippen LogP contribution < -0.4 is 5.73 Å². The fraction of sp³-hybridized carbons (Fsp3) is 1.00. The standard InChI is InChI=1S/C11H25N/c1-5-7-8-10(6-2)9-11(3,4)12/h10H,5-9,12H2,1-4H3. The van der Waals surface area contributed by atoms with Crippen molar-refractivity contribution in [3.8, 4) is 0 Å². The molecule has 0 heterocycles. The molecule has 1 nitrogen and oxygen atoms in total. The third-order valence-corrected chi connectivity index (χ3v) is 2.36. The summed E-state index contributed by atoms with van der Waals surface area (Å²) in [5, 5.41) is 0. The second-order valence-corrected chi connectivity index (χ2v) is 4.61. The Hall–Kier alpha value is -0.0400. The van der Waals surface area contributed by atoms with E-state index in [0.29, 0.717) is 0 Å². The van der Waals surface area contributed by atoms with E-state index >= 15 is 0 Å². The number of nitrogens with two attached hydrogens (primary N) is 1. The summed E-state index contributed by atoms with van der Waals surface area (Å²) in [5.41, 5.74) is 6.01. The van der Waals surface area contributed by atoms with Crippen LogP contribution in [0.25, 0.3) is 0 Å². The van der Waals surface area contributed by atoms with Crippen LogP contribution in [0.3, 0.4) is 0 Å². The summed E-state index contributed by atoms with van der Waals surface area (Å²) in [6.45, 7) is 8.77. The molecule has 0 aliphatic carbocycles. The van der Waals surface area contributed by atoms with Gasteiger partial charge in [-0.25, -0.2) is 0 Å². The van der Waals surface area contributed by atoms with Crippen molar-refractivity contribution < 1.29 is 0 Å². The summed E-state index contributed by atoms with van der Waals surface area (Å²) in [7, 11) is 0. The second-order valence-electron chi connectivity index (χ2n) is 4.61. The summed E-state index contributed by atoms with van der Waals surface area (Å²) < 4.78 is 0. The molecule has 0 spiro atoms. The van der Waals surface area contributed by atoms with Crippen molar-refractivity contribution in [1.82, 2.24) is 0 Å². The van der Waals surface area contributed by atoms with Gasteiger partial charge in [0.05, 0.1) is 0 Å². The van der Waals surface area contributed by atoms with Gasteiger partial charge in [-0.05, 0) is 26.2 Å². The molecule has 0 aromatic heterocycles. The minimum Gasteiger partial charge on any atom is -0.326 e. The zero-order valence-electron chi connectivity index (χ0n) is 9.19. The lowest BCUT2D eigenvalue weighted by Gasteiger charge is -2.25. The van der Waals surface area contributed by atoms with E-state index in [9.17, 15) is 0 Å². The van der Waals surface area contributed by atoms with Crippen LogP contribution in [0.4, 0.5) is 0 Å². The molecule has 0 fully saturated rings. The Labute approximate surface area is 77.7 Å². The monoisotopic (exact) mass is 171 g/mol. The highest BCUT2D eigenvalue weighted by molar-refractivity contribution is 4.75. The lowest BCUT2D eigenvalue weighted by Crippen LogP contribution is -2.34. The molecule has 0 aromatic carbocycles. The first kappa shape index (κ1) is 12.0. The Bertz CT molecular complexity index is 102. The largest absolute Gasteiger partial charge is 0.326 e. The van der Waals surface area contributed by atoms with Gasteiger partial charge < -0.3 is 5.73 Å². The molecule has 0 aliphatic rings. The van der Waals surface area contributed by atoms with Gasteiger partial charge in [0.2, 0.25) is 0 Å². The molecule has 0 aromatic rings. The van der Waals surface area contributed by atoms with Gasteiger partial charge in [0, 0.05) is 5.54 Å². The normalized spacial score (nSPS) is 14.8. The van der Waals surface area contributed by atoms with Gasteiger partial charge in [-0.2, -0.15) is 0 Å². The molecule has 74 valence electrons. The van der Waals surface area contributed by atoms with Gasteiger partial charge in [0.15, 0.2) is 0 Å². The maximum absolute atomic E-state index is 5.98. The van der Waals surface area contributed by atoms with Crippen molar-refractivity contribution in [1.29, 1.82) is 0 Å². The third kappa shape index (κ3) is 6.66. The Kier molecular flexibility index (Phi) is 5.56. The predicted octanol–water partition coefficient (Wildman–Crippen LogP) is 3.33. The van der Waals surface area contributed by atoms with Gasteiger partial charge in [-0.3, -0.25) is 0 Å². The van der Waals surface area contributed by atoms with Crippen molar-refractivity contribution in [3.05, 3.63) is 0 Å². The molecule has 12 heavy (non-hydrogen) atoms. The highest BCUT2D eigenvalue weighted by Gasteiger charge is 2.16. The molecule has 0 saturated carbocycles. The molecule has 2 N–H and O–H groups in total. The van der Waals surface area contributed by atoms with Crippen molar-refractivity contribution in [3.63, 3.8) is 0 Å². The molecule has 1 heteroatoms. The fourth-order valence-corrected chi connectivity index (χ4v) is 1.69. The van der Waals surface area contributed by atoms with E-state index in [1.54, 1.807) is 0 Å². The highest BCUT2D eigenvalue weighted by Crippen LogP contribution is 2.22. The summed E-state index contributed by atoms with van der Waals surface area (Å²) in [4.78, 5) is 0. The molecule has 0 amide bonds. The van der Waals surface area contributed by atoms with Crippen LogP contribution >= 0.6 is 0 Å². The Morgan fingerprint density at radius 2 is 1.83 bits per heavy atom. The van der Waals surface area contributed by atoms with Crippen molar-refractivity contribution in [2.24, 2.45) is 11.7 Å². The second kappa shape index (κ2) is 5.58. The molecule has 0 aliphatic heterocycles. The number of rotatable bonds is 6. The third-order valence-electron chi connectivity index (χ3n) is 2.36. The van der Waals surface area contributed by atoms with Gasteiger partial charge in [-0.1, -0.05) is 39.5 Å². The van der Waals surface area contributed by atoms with Gasteiger partial charge in [0.1, 0.15) is 0 Å². The van der Waals surface area contributed by atoms with E-state index in [1.807, 2.05) is 0 Å². The SMILES string of the molecule is CCCCC(CC)CC(C)(C)N. The first-order valence-electron chi connectivity index (χ1n) is 5.28. The summed E-state index contributed by atoms with van der Waals surface area (Å²) in [6, 6.07) is 0. The summed E-state index contributed by atoms with van der Waals surface area (Å²) in [5.74, 6) is 0.838. The molecular formula is C11H25N. The lowest BCUT2D eigenvalue weighted by atomic mass is 9.86. The van der Waals surface area contributed by atoms with E-state index in [-0.39, 0.29) is 5.54 Å². The smallest absolute Gasteiger partial charge is 0.00996 e. The summed E-state index contributed by atoms with van der Waals surface area (Å²) in [6.07, 6.45) is 6.47. The topological polar surface area (TPSA) is 26.0 Å². The van der Waals surface area contributed by atoms with Crippen molar-refractivity contribution in [2.75, 3.05) is 0 Å². The molecule has 1 atom stereocenters. The minimum absolute atomic E-state index is 0.0222. The average molecular weight is 171 g/mol. The van der Waals surface area contributed by atoms with E-state index in [0.717, 1.165) is 5.92 Å². The number of unbranched alkanes of at least 4 members (excludes halogenated alkanes) is 1. The zero-order chi connectivity index (χ0) is 9.61. The van der Waals surface area contributed by atoms with E-state index in [4.69, 9.17) is 5.73 Å². The summed E-state index contributed by atoms with van der Waals surface area (Å²) >= 11 is 0. The van der Waals surface area contributed by atoms with Crippen LogP contribution in [0.2, 0.25) is 0 Å². The van der Waals surface area contributed by atoms with Crippen LogP contribution in [0.1, 0.15) is 59.8 Å². The lowest BCUT2D eigenvalue weighted by molar-refractivity contribution is 0.329. The Morgan fingerprint density at radius 1 is 1.25 bits per heavy atom. The van der Waals surface area contributed by atoms with Gasteiger partial charge in [-0.15, -0.1) is 0 Å². The average Bonchev–Trinajstić information content (AvgIpc) is 1.95. The van der Waals surface area contributed by atoms with Crippen LogP contribution in [-0.2, 0) is 0 Å². The molecule has 0 bridgehead atoms.